The third kappa shape index (κ3) is 4.58. The van der Waals surface area contributed by atoms with Crippen LogP contribution >= 0.6 is 11.3 Å². The standard InChI is InChI=1S/C20H19FN2O3S2/c1-14-5-10-18(28(25,26)22-16-8-6-15(21)7-9-16)12-19(14)20(24)23(2)13-17-4-3-11-27-17/h3-12,22H,13H2,1-2H3. The lowest BCUT2D eigenvalue weighted by molar-refractivity contribution is 0.0785. The van der Waals surface area contributed by atoms with E-state index in [1.807, 2.05) is 17.5 Å². The molecule has 3 aromatic rings. The molecule has 0 radical (unpaired) electrons. The molecule has 0 saturated heterocycles. The summed E-state index contributed by atoms with van der Waals surface area (Å²) >= 11 is 1.55. The Labute approximate surface area is 167 Å². The van der Waals surface area contributed by atoms with E-state index >= 15 is 0 Å². The minimum atomic E-state index is -3.92. The highest BCUT2D eigenvalue weighted by molar-refractivity contribution is 7.92. The van der Waals surface area contributed by atoms with Crippen molar-refractivity contribution in [3.8, 4) is 0 Å². The van der Waals surface area contributed by atoms with Gasteiger partial charge in [0, 0.05) is 23.2 Å². The first-order valence-electron chi connectivity index (χ1n) is 8.43. The number of thiophene rings is 1. The second kappa shape index (κ2) is 8.12. The van der Waals surface area contributed by atoms with Crippen LogP contribution in [0.5, 0.6) is 0 Å². The molecule has 8 heteroatoms. The molecule has 0 atom stereocenters. The van der Waals surface area contributed by atoms with Crippen LogP contribution in [0.1, 0.15) is 20.8 Å². The molecule has 3 rings (SSSR count). The van der Waals surface area contributed by atoms with Gasteiger partial charge in [-0.05, 0) is 60.3 Å². The monoisotopic (exact) mass is 418 g/mol. The number of nitrogens with zero attached hydrogens (tertiary/aromatic N) is 1. The van der Waals surface area contributed by atoms with E-state index in [0.29, 0.717) is 17.7 Å². The highest BCUT2D eigenvalue weighted by Gasteiger charge is 2.20. The van der Waals surface area contributed by atoms with Gasteiger partial charge < -0.3 is 4.90 Å². The van der Waals surface area contributed by atoms with E-state index < -0.39 is 15.8 Å². The molecule has 1 N–H and O–H groups in total. The van der Waals surface area contributed by atoms with Crippen molar-refractivity contribution < 1.29 is 17.6 Å². The normalized spacial score (nSPS) is 11.2. The number of carbonyl (C=O) groups excluding carboxylic acids is 1. The van der Waals surface area contributed by atoms with Crippen LogP contribution in [0.25, 0.3) is 0 Å². The fraction of sp³-hybridized carbons (Fsp3) is 0.150. The number of aryl methyl sites for hydroxylation is 1. The number of halogens is 1. The maximum absolute atomic E-state index is 13.0. The van der Waals surface area contributed by atoms with Crippen LogP contribution in [-0.2, 0) is 16.6 Å². The van der Waals surface area contributed by atoms with E-state index in [1.54, 1.807) is 36.3 Å². The number of anilines is 1. The largest absolute Gasteiger partial charge is 0.337 e. The van der Waals surface area contributed by atoms with Crippen molar-refractivity contribution in [3.63, 3.8) is 0 Å². The third-order valence-electron chi connectivity index (χ3n) is 4.17. The van der Waals surface area contributed by atoms with Crippen LogP contribution in [0.3, 0.4) is 0 Å². The number of carbonyl (C=O) groups is 1. The molecule has 0 unspecified atom stereocenters. The van der Waals surface area contributed by atoms with Crippen LogP contribution in [-0.4, -0.2) is 26.3 Å². The number of hydrogen-bond donors (Lipinski definition) is 1. The van der Waals surface area contributed by atoms with E-state index in [9.17, 15) is 17.6 Å². The third-order valence-corrected chi connectivity index (χ3v) is 6.41. The van der Waals surface area contributed by atoms with Gasteiger partial charge in [0.15, 0.2) is 0 Å². The molecule has 0 aliphatic rings. The fourth-order valence-corrected chi connectivity index (χ4v) is 4.49. The van der Waals surface area contributed by atoms with Crippen LogP contribution in [0.15, 0.2) is 64.9 Å². The molecular formula is C20H19FN2O3S2. The lowest BCUT2D eigenvalue weighted by atomic mass is 10.1. The number of rotatable bonds is 6. The quantitative estimate of drug-likeness (QED) is 0.650. The van der Waals surface area contributed by atoms with Gasteiger partial charge in [-0.25, -0.2) is 12.8 Å². The minimum absolute atomic E-state index is 0.0321. The van der Waals surface area contributed by atoms with Crippen LogP contribution in [0.4, 0.5) is 10.1 Å². The molecule has 1 heterocycles. The van der Waals surface area contributed by atoms with Gasteiger partial charge in [-0.1, -0.05) is 12.1 Å². The number of hydrogen-bond acceptors (Lipinski definition) is 4. The molecule has 0 spiro atoms. The van der Waals surface area contributed by atoms with Gasteiger partial charge in [0.2, 0.25) is 0 Å². The molecule has 0 fully saturated rings. The molecule has 0 bridgehead atoms. The van der Waals surface area contributed by atoms with Crippen molar-refractivity contribution in [1.82, 2.24) is 4.90 Å². The summed E-state index contributed by atoms with van der Waals surface area (Å²) in [6.45, 7) is 2.21. The summed E-state index contributed by atoms with van der Waals surface area (Å²) in [5.74, 6) is -0.718. The maximum atomic E-state index is 13.0. The molecule has 5 nitrogen and oxygen atoms in total. The van der Waals surface area contributed by atoms with Gasteiger partial charge in [0.05, 0.1) is 11.4 Å². The van der Waals surface area contributed by atoms with Crippen molar-refractivity contribution in [2.75, 3.05) is 11.8 Å². The fourth-order valence-electron chi connectivity index (χ4n) is 2.64. The lowest BCUT2D eigenvalue weighted by Gasteiger charge is -2.18. The summed E-state index contributed by atoms with van der Waals surface area (Å²) in [5, 5.41) is 1.94. The van der Waals surface area contributed by atoms with Crippen molar-refractivity contribution >= 4 is 33.0 Å². The Morgan fingerprint density at radius 2 is 1.86 bits per heavy atom. The van der Waals surface area contributed by atoms with E-state index in [-0.39, 0.29) is 16.5 Å². The highest BCUT2D eigenvalue weighted by atomic mass is 32.2. The lowest BCUT2D eigenvalue weighted by Crippen LogP contribution is -2.27. The first-order valence-corrected chi connectivity index (χ1v) is 10.8. The second-order valence-corrected chi connectivity index (χ2v) is 9.04. The smallest absolute Gasteiger partial charge is 0.261 e. The Morgan fingerprint density at radius 3 is 2.50 bits per heavy atom. The van der Waals surface area contributed by atoms with Crippen molar-refractivity contribution in [3.05, 3.63) is 81.8 Å². The maximum Gasteiger partial charge on any atom is 0.261 e. The first kappa shape index (κ1) is 20.0. The SMILES string of the molecule is Cc1ccc(S(=O)(=O)Nc2ccc(F)cc2)cc1C(=O)N(C)Cc1cccs1. The molecule has 146 valence electrons. The van der Waals surface area contributed by atoms with Crippen molar-refractivity contribution in [2.24, 2.45) is 0 Å². The zero-order valence-corrected chi connectivity index (χ0v) is 17.0. The topological polar surface area (TPSA) is 66.5 Å². The highest BCUT2D eigenvalue weighted by Crippen LogP contribution is 2.21. The number of benzene rings is 2. The first-order chi connectivity index (χ1) is 13.3. The molecule has 0 aliphatic heterocycles. The van der Waals surface area contributed by atoms with E-state index in [0.717, 1.165) is 4.88 Å². The zero-order valence-electron chi connectivity index (χ0n) is 15.3. The van der Waals surface area contributed by atoms with Gasteiger partial charge in [-0.3, -0.25) is 9.52 Å². The Hall–Kier alpha value is -2.71. The van der Waals surface area contributed by atoms with Crippen LogP contribution < -0.4 is 4.72 Å². The average Bonchev–Trinajstić information content (AvgIpc) is 3.16. The molecule has 28 heavy (non-hydrogen) atoms. The van der Waals surface area contributed by atoms with Crippen LogP contribution in [0, 0.1) is 12.7 Å². The Bertz CT molecular complexity index is 1080. The predicted molar refractivity (Wildman–Crippen MR) is 109 cm³/mol. The Balaban J connectivity index is 1.85. The predicted octanol–water partition coefficient (Wildman–Crippen LogP) is 4.27. The number of nitrogens with one attached hydrogen (secondary N) is 1. The van der Waals surface area contributed by atoms with Gasteiger partial charge in [0.1, 0.15) is 5.82 Å². The van der Waals surface area contributed by atoms with Gasteiger partial charge in [-0.2, -0.15) is 0 Å². The Morgan fingerprint density at radius 1 is 1.14 bits per heavy atom. The van der Waals surface area contributed by atoms with E-state index in [4.69, 9.17) is 0 Å². The van der Waals surface area contributed by atoms with Crippen LogP contribution in [0.2, 0.25) is 0 Å². The summed E-state index contributed by atoms with van der Waals surface area (Å²) in [6.07, 6.45) is 0. The number of sulfonamides is 1. The molecule has 0 saturated carbocycles. The Kier molecular flexibility index (Phi) is 5.81. The summed E-state index contributed by atoms with van der Waals surface area (Å²) in [7, 11) is -2.24. The summed E-state index contributed by atoms with van der Waals surface area (Å²) in [5.41, 5.74) is 1.24. The molecule has 1 aromatic heterocycles. The van der Waals surface area contributed by atoms with Crippen molar-refractivity contribution in [1.29, 1.82) is 0 Å². The molecular weight excluding hydrogens is 399 g/mol. The number of amides is 1. The minimum Gasteiger partial charge on any atom is -0.337 e. The van der Waals surface area contributed by atoms with Gasteiger partial charge in [0.25, 0.3) is 15.9 Å². The summed E-state index contributed by atoms with van der Waals surface area (Å²) < 4.78 is 40.8. The van der Waals surface area contributed by atoms with Crippen molar-refractivity contribution in [2.45, 2.75) is 18.4 Å². The van der Waals surface area contributed by atoms with Gasteiger partial charge in [-0.15, -0.1) is 11.3 Å². The average molecular weight is 419 g/mol. The van der Waals surface area contributed by atoms with E-state index in [1.165, 1.54) is 36.4 Å². The molecule has 0 aliphatic carbocycles. The second-order valence-electron chi connectivity index (χ2n) is 6.33. The zero-order chi connectivity index (χ0) is 20.3. The summed E-state index contributed by atoms with van der Waals surface area (Å²) in [6, 6.07) is 13.3. The summed E-state index contributed by atoms with van der Waals surface area (Å²) in [4.78, 5) is 15.4. The molecule has 1 amide bonds. The van der Waals surface area contributed by atoms with Gasteiger partial charge >= 0.3 is 0 Å². The van der Waals surface area contributed by atoms with E-state index in [2.05, 4.69) is 4.72 Å². The molecule has 2 aromatic carbocycles.